The van der Waals surface area contributed by atoms with Crippen LogP contribution in [0.5, 0.6) is 0 Å². The van der Waals surface area contributed by atoms with Crippen molar-refractivity contribution in [1.82, 2.24) is 15.0 Å². The third kappa shape index (κ3) is 2.56. The molecule has 0 aliphatic rings. The Balaban J connectivity index is 2.19. The van der Waals surface area contributed by atoms with Crippen molar-refractivity contribution in [2.24, 2.45) is 5.41 Å². The van der Waals surface area contributed by atoms with Gasteiger partial charge in [0.2, 0.25) is 0 Å². The molecule has 0 fully saturated rings. The summed E-state index contributed by atoms with van der Waals surface area (Å²) < 4.78 is 1.65. The Morgan fingerprint density at radius 2 is 2.00 bits per heavy atom. The number of benzene rings is 1. The molecule has 0 radical (unpaired) electrons. The zero-order chi connectivity index (χ0) is 13.2. The Morgan fingerprint density at radius 3 is 2.61 bits per heavy atom. The molecular weight excluding hydrogens is 230 g/mol. The van der Waals surface area contributed by atoms with Crippen LogP contribution in [0.4, 0.5) is 0 Å². The van der Waals surface area contributed by atoms with Crippen molar-refractivity contribution in [3.63, 3.8) is 0 Å². The average Bonchev–Trinajstić information content (AvgIpc) is 2.78. The Morgan fingerprint density at radius 1 is 1.33 bits per heavy atom. The van der Waals surface area contributed by atoms with Crippen LogP contribution in [0.25, 0.3) is 5.69 Å². The molecule has 5 heteroatoms. The second kappa shape index (κ2) is 4.60. The minimum atomic E-state index is -0.836. The molecule has 0 saturated carbocycles. The van der Waals surface area contributed by atoms with Gasteiger partial charge in [0.1, 0.15) is 0 Å². The SMILES string of the molecule is CC(C)(Cc1cn(-c2ccccc2)nn1)C(=O)O. The van der Waals surface area contributed by atoms with E-state index in [0.717, 1.165) is 5.69 Å². The van der Waals surface area contributed by atoms with E-state index in [9.17, 15) is 4.79 Å². The van der Waals surface area contributed by atoms with Gasteiger partial charge < -0.3 is 5.11 Å². The lowest BCUT2D eigenvalue weighted by atomic mass is 9.88. The number of aromatic nitrogens is 3. The van der Waals surface area contributed by atoms with Gasteiger partial charge in [-0.15, -0.1) is 5.10 Å². The summed E-state index contributed by atoms with van der Waals surface area (Å²) in [6.45, 7) is 3.35. The van der Waals surface area contributed by atoms with Gasteiger partial charge in [0, 0.05) is 6.42 Å². The van der Waals surface area contributed by atoms with E-state index in [2.05, 4.69) is 10.3 Å². The molecule has 0 aliphatic heterocycles. The smallest absolute Gasteiger partial charge is 0.309 e. The lowest BCUT2D eigenvalue weighted by Gasteiger charge is -2.16. The molecule has 2 aromatic rings. The molecule has 2 rings (SSSR count). The van der Waals surface area contributed by atoms with Gasteiger partial charge in [-0.05, 0) is 26.0 Å². The van der Waals surface area contributed by atoms with Gasteiger partial charge in [0.25, 0.3) is 0 Å². The Kier molecular flexibility index (Phi) is 3.14. The largest absolute Gasteiger partial charge is 0.481 e. The van der Waals surface area contributed by atoms with E-state index in [1.807, 2.05) is 30.3 Å². The van der Waals surface area contributed by atoms with Crippen LogP contribution in [0.3, 0.4) is 0 Å². The fourth-order valence-electron chi connectivity index (χ4n) is 1.61. The van der Waals surface area contributed by atoms with Gasteiger partial charge in [-0.1, -0.05) is 23.4 Å². The third-order valence-electron chi connectivity index (χ3n) is 2.76. The maximum Gasteiger partial charge on any atom is 0.309 e. The van der Waals surface area contributed by atoms with E-state index in [4.69, 9.17) is 5.11 Å². The second-order valence-electron chi connectivity index (χ2n) is 4.86. The zero-order valence-electron chi connectivity index (χ0n) is 10.4. The molecule has 94 valence electrons. The maximum atomic E-state index is 11.0. The maximum absolute atomic E-state index is 11.0. The summed E-state index contributed by atoms with van der Waals surface area (Å²) in [5.74, 6) is -0.836. The number of carbonyl (C=O) groups is 1. The number of nitrogens with zero attached hydrogens (tertiary/aromatic N) is 3. The van der Waals surface area contributed by atoms with Crippen LogP contribution in [-0.4, -0.2) is 26.1 Å². The number of aliphatic carboxylic acids is 1. The molecule has 1 aromatic heterocycles. The summed E-state index contributed by atoms with van der Waals surface area (Å²) in [5, 5.41) is 17.1. The van der Waals surface area contributed by atoms with Crippen molar-refractivity contribution in [3.05, 3.63) is 42.2 Å². The molecule has 0 aliphatic carbocycles. The molecular formula is C13H15N3O2. The van der Waals surface area contributed by atoms with Crippen LogP contribution in [0.1, 0.15) is 19.5 Å². The molecule has 18 heavy (non-hydrogen) atoms. The minimum absolute atomic E-state index is 0.356. The van der Waals surface area contributed by atoms with E-state index in [0.29, 0.717) is 12.1 Å². The number of hydrogen-bond acceptors (Lipinski definition) is 3. The van der Waals surface area contributed by atoms with Gasteiger partial charge >= 0.3 is 5.97 Å². The number of hydrogen-bond donors (Lipinski definition) is 1. The van der Waals surface area contributed by atoms with E-state index < -0.39 is 11.4 Å². The van der Waals surface area contributed by atoms with Gasteiger partial charge in [0.05, 0.1) is 23.0 Å². The summed E-state index contributed by atoms with van der Waals surface area (Å²) in [5.41, 5.74) is 0.744. The van der Waals surface area contributed by atoms with Crippen LogP contribution >= 0.6 is 0 Å². The second-order valence-corrected chi connectivity index (χ2v) is 4.86. The standard InChI is InChI=1S/C13H15N3O2/c1-13(2,12(17)18)8-10-9-16(15-14-10)11-6-4-3-5-7-11/h3-7,9H,8H2,1-2H3,(H,17,18). The van der Waals surface area contributed by atoms with Crippen LogP contribution in [0.15, 0.2) is 36.5 Å². The molecule has 0 spiro atoms. The number of rotatable bonds is 4. The van der Waals surface area contributed by atoms with Crippen molar-refractivity contribution in [1.29, 1.82) is 0 Å². The van der Waals surface area contributed by atoms with E-state index in [-0.39, 0.29) is 0 Å². The van der Waals surface area contributed by atoms with Gasteiger partial charge in [-0.3, -0.25) is 4.79 Å². The number of carboxylic acids is 1. The van der Waals surface area contributed by atoms with Crippen molar-refractivity contribution in [2.45, 2.75) is 20.3 Å². The number of para-hydroxylation sites is 1. The summed E-state index contributed by atoms with van der Waals surface area (Å²) >= 11 is 0. The van der Waals surface area contributed by atoms with Crippen molar-refractivity contribution < 1.29 is 9.90 Å². The minimum Gasteiger partial charge on any atom is -0.481 e. The highest BCUT2D eigenvalue weighted by molar-refractivity contribution is 5.73. The van der Waals surface area contributed by atoms with Crippen LogP contribution in [0, 0.1) is 5.41 Å². The number of carboxylic acid groups (broad SMARTS) is 1. The van der Waals surface area contributed by atoms with Crippen LogP contribution in [-0.2, 0) is 11.2 Å². The Labute approximate surface area is 105 Å². The third-order valence-corrected chi connectivity index (χ3v) is 2.76. The molecule has 1 N–H and O–H groups in total. The highest BCUT2D eigenvalue weighted by atomic mass is 16.4. The van der Waals surface area contributed by atoms with E-state index in [1.54, 1.807) is 24.7 Å². The molecule has 1 aromatic carbocycles. The fourth-order valence-corrected chi connectivity index (χ4v) is 1.61. The van der Waals surface area contributed by atoms with Gasteiger partial charge in [0.15, 0.2) is 0 Å². The Bertz CT molecular complexity index is 546. The summed E-state index contributed by atoms with van der Waals surface area (Å²) in [6, 6.07) is 9.59. The van der Waals surface area contributed by atoms with Gasteiger partial charge in [-0.2, -0.15) is 0 Å². The topological polar surface area (TPSA) is 68.0 Å². The highest BCUT2D eigenvalue weighted by Gasteiger charge is 2.28. The van der Waals surface area contributed by atoms with E-state index >= 15 is 0 Å². The predicted octanol–water partition coefficient (Wildman–Crippen LogP) is 1.92. The lowest BCUT2D eigenvalue weighted by molar-refractivity contribution is -0.146. The molecule has 0 amide bonds. The Hall–Kier alpha value is -2.17. The average molecular weight is 245 g/mol. The molecule has 0 bridgehead atoms. The van der Waals surface area contributed by atoms with Crippen LogP contribution < -0.4 is 0 Å². The van der Waals surface area contributed by atoms with Crippen molar-refractivity contribution in [2.75, 3.05) is 0 Å². The van der Waals surface area contributed by atoms with Crippen molar-refractivity contribution >= 4 is 5.97 Å². The van der Waals surface area contributed by atoms with Crippen molar-refractivity contribution in [3.8, 4) is 5.69 Å². The summed E-state index contributed by atoms with van der Waals surface area (Å²) in [6.07, 6.45) is 2.12. The molecule has 0 saturated heterocycles. The molecule has 5 nitrogen and oxygen atoms in total. The zero-order valence-corrected chi connectivity index (χ0v) is 10.4. The van der Waals surface area contributed by atoms with Crippen LogP contribution in [0.2, 0.25) is 0 Å². The molecule has 0 atom stereocenters. The first kappa shape index (κ1) is 12.3. The summed E-state index contributed by atoms with van der Waals surface area (Å²) in [7, 11) is 0. The quantitative estimate of drug-likeness (QED) is 0.893. The molecule has 1 heterocycles. The lowest BCUT2D eigenvalue weighted by Crippen LogP contribution is -2.26. The predicted molar refractivity (Wildman–Crippen MR) is 66.5 cm³/mol. The normalized spacial score (nSPS) is 11.4. The van der Waals surface area contributed by atoms with Gasteiger partial charge in [-0.25, -0.2) is 4.68 Å². The fraction of sp³-hybridized carbons (Fsp3) is 0.308. The summed E-state index contributed by atoms with van der Waals surface area (Å²) in [4.78, 5) is 11.0. The monoisotopic (exact) mass is 245 g/mol. The first-order valence-corrected chi connectivity index (χ1v) is 5.69. The molecule has 0 unspecified atom stereocenters. The van der Waals surface area contributed by atoms with E-state index in [1.165, 1.54) is 0 Å². The highest BCUT2D eigenvalue weighted by Crippen LogP contribution is 2.21. The first-order chi connectivity index (χ1) is 8.49. The first-order valence-electron chi connectivity index (χ1n) is 5.69.